The predicted octanol–water partition coefficient (Wildman–Crippen LogP) is 1.40. The third-order valence-corrected chi connectivity index (χ3v) is 2.08. The second-order valence-electron chi connectivity index (χ2n) is 2.98. The molecule has 1 radical (unpaired) electrons. The van der Waals surface area contributed by atoms with Crippen molar-refractivity contribution in [2.24, 2.45) is 0 Å². The smallest absolute Gasteiger partial charge is 0.276 e. The van der Waals surface area contributed by atoms with Gasteiger partial charge in [-0.15, -0.1) is 0 Å². The van der Waals surface area contributed by atoms with Crippen LogP contribution >= 0.6 is 0 Å². The van der Waals surface area contributed by atoms with E-state index < -0.39 is 4.92 Å². The van der Waals surface area contributed by atoms with Crippen LogP contribution in [-0.2, 0) is 6.42 Å². The molecule has 0 fully saturated rings. The normalized spacial score (nSPS) is 12.9. The van der Waals surface area contributed by atoms with Crippen LogP contribution in [0.1, 0.15) is 5.56 Å². The molecule has 2 rings (SSSR count). The number of hydrogen-bond donors (Lipinski definition) is 1. The fourth-order valence-corrected chi connectivity index (χ4v) is 1.41. The molecule has 6 heteroatoms. The lowest BCUT2D eigenvalue weighted by atomic mass is 10.1. The number of fused-ring (bicyclic) bond motifs is 1. The second-order valence-corrected chi connectivity index (χ2v) is 2.98. The molecule has 1 heterocycles. The first kappa shape index (κ1) is 9.72. The molecule has 79 valence electrons. The highest BCUT2D eigenvalue weighted by Gasteiger charge is 2.22. The molecule has 1 aliphatic rings. The number of hydrogen-bond acceptors (Lipinski definition) is 5. The maximum atomic E-state index is 10.7. The first-order valence-corrected chi connectivity index (χ1v) is 4.25. The van der Waals surface area contributed by atoms with Crippen LogP contribution in [0.5, 0.6) is 11.5 Å². The van der Waals surface area contributed by atoms with Crippen LogP contribution in [0.4, 0.5) is 5.69 Å². The number of aliphatic hydroxyl groups is 1. The van der Waals surface area contributed by atoms with Crippen molar-refractivity contribution in [1.82, 2.24) is 0 Å². The molecule has 1 aromatic rings. The maximum absolute atomic E-state index is 10.7. The molecule has 15 heavy (non-hydrogen) atoms. The standard InChI is InChI=1S/C9H8NO5/c11-2-1-6-3-8-9(15-5-14-8)4-7(6)10(12)13/h2-4,11H,1,5H2. The fourth-order valence-electron chi connectivity index (χ4n) is 1.41. The first-order chi connectivity index (χ1) is 7.22. The van der Waals surface area contributed by atoms with Crippen molar-refractivity contribution in [2.45, 2.75) is 6.42 Å². The molecule has 0 saturated carbocycles. The zero-order valence-electron chi connectivity index (χ0n) is 7.67. The minimum absolute atomic E-state index is 0.0682. The SMILES string of the molecule is O=[N+]([O-])c1cc2c(cc1C[CH]O)OCO2. The van der Waals surface area contributed by atoms with E-state index in [0.29, 0.717) is 17.1 Å². The fraction of sp³-hybridized carbons (Fsp3) is 0.222. The van der Waals surface area contributed by atoms with E-state index in [-0.39, 0.29) is 18.9 Å². The van der Waals surface area contributed by atoms with Gasteiger partial charge in [0.15, 0.2) is 11.5 Å². The second kappa shape index (κ2) is 3.74. The van der Waals surface area contributed by atoms with Crippen molar-refractivity contribution in [1.29, 1.82) is 0 Å². The number of rotatable bonds is 3. The van der Waals surface area contributed by atoms with Crippen LogP contribution in [0.3, 0.4) is 0 Å². The summed E-state index contributed by atoms with van der Waals surface area (Å²) < 4.78 is 10.1. The van der Waals surface area contributed by atoms with Gasteiger partial charge in [-0.1, -0.05) is 0 Å². The van der Waals surface area contributed by atoms with E-state index in [1.807, 2.05) is 0 Å². The van der Waals surface area contributed by atoms with E-state index >= 15 is 0 Å². The van der Waals surface area contributed by atoms with Gasteiger partial charge in [0.05, 0.1) is 17.6 Å². The molecule has 0 atom stereocenters. The molecule has 0 amide bonds. The number of nitrogens with zero attached hydrogens (tertiary/aromatic N) is 1. The summed E-state index contributed by atoms with van der Waals surface area (Å²) in [5, 5.41) is 19.4. The molecule has 0 aliphatic carbocycles. The Bertz CT molecular complexity index is 404. The Morgan fingerprint density at radius 2 is 2.13 bits per heavy atom. The quantitative estimate of drug-likeness (QED) is 0.602. The third-order valence-electron chi connectivity index (χ3n) is 2.08. The molecule has 1 aromatic carbocycles. The summed E-state index contributed by atoms with van der Waals surface area (Å²) in [4.78, 5) is 10.2. The Morgan fingerprint density at radius 1 is 1.47 bits per heavy atom. The summed E-state index contributed by atoms with van der Waals surface area (Å²) in [6.45, 7) is 0.934. The summed E-state index contributed by atoms with van der Waals surface area (Å²) in [5.41, 5.74) is 0.316. The summed E-state index contributed by atoms with van der Waals surface area (Å²) in [6, 6.07) is 2.81. The van der Waals surface area contributed by atoms with E-state index in [0.717, 1.165) is 6.61 Å². The number of aliphatic hydroxyl groups excluding tert-OH is 1. The Morgan fingerprint density at radius 3 is 2.73 bits per heavy atom. The molecule has 0 bridgehead atoms. The molecular weight excluding hydrogens is 202 g/mol. The topological polar surface area (TPSA) is 81.8 Å². The van der Waals surface area contributed by atoms with Crippen molar-refractivity contribution in [3.05, 3.63) is 34.4 Å². The minimum Gasteiger partial charge on any atom is -0.454 e. The lowest BCUT2D eigenvalue weighted by molar-refractivity contribution is -0.385. The van der Waals surface area contributed by atoms with Gasteiger partial charge in [-0.05, 0) is 6.07 Å². The van der Waals surface area contributed by atoms with Gasteiger partial charge in [0.1, 0.15) is 0 Å². The Balaban J connectivity index is 2.47. The van der Waals surface area contributed by atoms with Crippen LogP contribution in [0.15, 0.2) is 12.1 Å². The summed E-state index contributed by atoms with van der Waals surface area (Å²) in [7, 11) is 0. The lowest BCUT2D eigenvalue weighted by Gasteiger charge is -2.02. The van der Waals surface area contributed by atoms with E-state index in [1.165, 1.54) is 12.1 Å². The third kappa shape index (κ3) is 1.71. The van der Waals surface area contributed by atoms with Gasteiger partial charge in [-0.2, -0.15) is 0 Å². The van der Waals surface area contributed by atoms with Crippen molar-refractivity contribution in [3.63, 3.8) is 0 Å². The van der Waals surface area contributed by atoms with Crippen LogP contribution in [0.2, 0.25) is 0 Å². The largest absolute Gasteiger partial charge is 0.454 e. The zero-order valence-corrected chi connectivity index (χ0v) is 7.67. The molecular formula is C9H8NO5. The Kier molecular flexibility index (Phi) is 2.42. The van der Waals surface area contributed by atoms with E-state index in [1.54, 1.807) is 0 Å². The monoisotopic (exact) mass is 210 g/mol. The number of nitro benzene ring substituents is 1. The average Bonchev–Trinajstić information content (AvgIpc) is 2.63. The van der Waals surface area contributed by atoms with Crippen LogP contribution in [-0.4, -0.2) is 16.8 Å². The molecule has 0 unspecified atom stereocenters. The van der Waals surface area contributed by atoms with Crippen molar-refractivity contribution in [2.75, 3.05) is 6.79 Å². The average molecular weight is 210 g/mol. The van der Waals surface area contributed by atoms with E-state index in [9.17, 15) is 10.1 Å². The number of ether oxygens (including phenoxy) is 2. The zero-order chi connectivity index (χ0) is 10.8. The van der Waals surface area contributed by atoms with Gasteiger partial charge in [0.2, 0.25) is 6.79 Å². The Labute approximate surface area is 85.2 Å². The van der Waals surface area contributed by atoms with Crippen LogP contribution in [0, 0.1) is 16.7 Å². The lowest BCUT2D eigenvalue weighted by Crippen LogP contribution is -1.96. The highest BCUT2D eigenvalue weighted by molar-refractivity contribution is 5.55. The molecule has 0 saturated heterocycles. The van der Waals surface area contributed by atoms with Gasteiger partial charge < -0.3 is 14.6 Å². The number of benzene rings is 1. The van der Waals surface area contributed by atoms with Gasteiger partial charge in [-0.3, -0.25) is 10.1 Å². The predicted molar refractivity (Wildman–Crippen MR) is 49.2 cm³/mol. The number of nitro groups is 1. The summed E-state index contributed by atoms with van der Waals surface area (Å²) in [5.74, 6) is 0.834. The summed E-state index contributed by atoms with van der Waals surface area (Å²) in [6.07, 6.45) is 0.104. The van der Waals surface area contributed by atoms with Crippen molar-refractivity contribution in [3.8, 4) is 11.5 Å². The van der Waals surface area contributed by atoms with Gasteiger partial charge >= 0.3 is 0 Å². The van der Waals surface area contributed by atoms with Crippen LogP contribution < -0.4 is 9.47 Å². The maximum Gasteiger partial charge on any atom is 0.276 e. The minimum atomic E-state index is -0.513. The van der Waals surface area contributed by atoms with E-state index in [4.69, 9.17) is 14.6 Å². The van der Waals surface area contributed by atoms with Gasteiger partial charge in [0.25, 0.3) is 5.69 Å². The van der Waals surface area contributed by atoms with Gasteiger partial charge in [-0.25, -0.2) is 0 Å². The Hall–Kier alpha value is -1.82. The molecule has 1 N–H and O–H groups in total. The molecule has 0 spiro atoms. The van der Waals surface area contributed by atoms with E-state index in [2.05, 4.69) is 0 Å². The molecule has 6 nitrogen and oxygen atoms in total. The highest BCUT2D eigenvalue weighted by atomic mass is 16.7. The van der Waals surface area contributed by atoms with Crippen molar-refractivity contribution >= 4 is 5.69 Å². The molecule has 0 aromatic heterocycles. The van der Waals surface area contributed by atoms with Gasteiger partial charge in [0, 0.05) is 12.0 Å². The summed E-state index contributed by atoms with van der Waals surface area (Å²) >= 11 is 0. The van der Waals surface area contributed by atoms with Crippen LogP contribution in [0.25, 0.3) is 0 Å². The molecule has 1 aliphatic heterocycles. The van der Waals surface area contributed by atoms with Crippen molar-refractivity contribution < 1.29 is 19.5 Å². The highest BCUT2D eigenvalue weighted by Crippen LogP contribution is 2.38. The first-order valence-electron chi connectivity index (χ1n) is 4.25.